The van der Waals surface area contributed by atoms with E-state index in [9.17, 15) is 4.79 Å². The largest absolute Gasteiger partial charge is 0.497 e. The van der Waals surface area contributed by atoms with Crippen molar-refractivity contribution in [2.75, 3.05) is 20.5 Å². The van der Waals surface area contributed by atoms with Gasteiger partial charge in [-0.2, -0.15) is 0 Å². The Morgan fingerprint density at radius 2 is 1.96 bits per heavy atom. The molecule has 3 rings (SSSR count). The molecule has 3 aromatic rings. The van der Waals surface area contributed by atoms with E-state index in [0.29, 0.717) is 40.0 Å². The molecule has 0 aliphatic rings. The minimum Gasteiger partial charge on any atom is -0.497 e. The quantitative estimate of drug-likeness (QED) is 0.516. The molecule has 0 saturated heterocycles. The van der Waals surface area contributed by atoms with Gasteiger partial charge in [-0.05, 0) is 37.4 Å². The molecular weight excluding hydrogens is 338 g/mol. The third-order valence-electron chi connectivity index (χ3n) is 4.00. The van der Waals surface area contributed by atoms with Crippen LogP contribution >= 0.6 is 11.8 Å². The first kappa shape index (κ1) is 17.3. The molecule has 1 aromatic carbocycles. The highest BCUT2D eigenvalue weighted by Crippen LogP contribution is 2.32. The zero-order valence-electron chi connectivity index (χ0n) is 14.6. The summed E-state index contributed by atoms with van der Waals surface area (Å²) in [4.78, 5) is 21.9. The predicted molar refractivity (Wildman–Crippen MR) is 99.8 cm³/mol. The van der Waals surface area contributed by atoms with Gasteiger partial charge in [0.2, 0.25) is 0 Å². The second kappa shape index (κ2) is 7.14. The molecule has 25 heavy (non-hydrogen) atoms. The molecule has 7 heteroatoms. The van der Waals surface area contributed by atoms with Crippen molar-refractivity contribution in [1.82, 2.24) is 14.5 Å². The summed E-state index contributed by atoms with van der Waals surface area (Å²) in [6.45, 7) is 2.44. The lowest BCUT2D eigenvalue weighted by Crippen LogP contribution is -2.22. The van der Waals surface area contributed by atoms with Gasteiger partial charge in [0.1, 0.15) is 17.1 Å². The number of aryl methyl sites for hydroxylation is 1. The van der Waals surface area contributed by atoms with Crippen molar-refractivity contribution < 1.29 is 9.47 Å². The Morgan fingerprint density at radius 1 is 1.16 bits per heavy atom. The molecule has 0 N–H and O–H groups in total. The van der Waals surface area contributed by atoms with Gasteiger partial charge < -0.3 is 9.47 Å². The summed E-state index contributed by atoms with van der Waals surface area (Å²) < 4.78 is 12.4. The first-order valence-corrected chi connectivity index (χ1v) is 9.02. The monoisotopic (exact) mass is 357 g/mol. The Balaban J connectivity index is 2.35. The molecule has 6 nitrogen and oxygen atoms in total. The van der Waals surface area contributed by atoms with Gasteiger partial charge in [0.05, 0.1) is 19.8 Å². The van der Waals surface area contributed by atoms with Crippen LogP contribution in [0.5, 0.6) is 11.5 Å². The Labute approximate surface area is 149 Å². The Morgan fingerprint density at radius 3 is 2.60 bits per heavy atom. The van der Waals surface area contributed by atoms with Gasteiger partial charge in [-0.3, -0.25) is 9.36 Å². The Hall–Kier alpha value is -2.54. The summed E-state index contributed by atoms with van der Waals surface area (Å²) in [5.41, 5.74) is 1.74. The number of ether oxygens (including phenoxy) is 2. The molecule has 2 heterocycles. The van der Waals surface area contributed by atoms with Crippen molar-refractivity contribution in [2.45, 2.75) is 18.6 Å². The summed E-state index contributed by atoms with van der Waals surface area (Å²) in [5.74, 6) is 1.27. The van der Waals surface area contributed by atoms with E-state index in [1.165, 1.54) is 11.8 Å². The average Bonchev–Trinajstić information content (AvgIpc) is 2.66. The lowest BCUT2D eigenvalue weighted by molar-refractivity contribution is 0.404. The minimum absolute atomic E-state index is 0.118. The smallest absolute Gasteiger partial charge is 0.260 e. The lowest BCUT2D eigenvalue weighted by Gasteiger charge is -2.14. The number of thioether (sulfide) groups is 1. The highest BCUT2D eigenvalue weighted by molar-refractivity contribution is 7.98. The third-order valence-corrected chi connectivity index (χ3v) is 4.56. The summed E-state index contributed by atoms with van der Waals surface area (Å²) in [5, 5.41) is 1.44. The molecule has 0 amide bonds. The van der Waals surface area contributed by atoms with E-state index >= 15 is 0 Å². The van der Waals surface area contributed by atoms with Crippen LogP contribution in [0.15, 0.2) is 40.4 Å². The van der Waals surface area contributed by atoms with Crippen molar-refractivity contribution in [2.24, 2.45) is 0 Å². The molecule has 0 aliphatic carbocycles. The van der Waals surface area contributed by atoms with Crippen molar-refractivity contribution in [3.63, 3.8) is 0 Å². The van der Waals surface area contributed by atoms with Crippen LogP contribution in [-0.4, -0.2) is 35.0 Å². The van der Waals surface area contributed by atoms with Gasteiger partial charge >= 0.3 is 0 Å². The van der Waals surface area contributed by atoms with Crippen LogP contribution in [0.1, 0.15) is 6.92 Å². The predicted octanol–water partition coefficient (Wildman–Crippen LogP) is 3.22. The van der Waals surface area contributed by atoms with Crippen molar-refractivity contribution in [1.29, 1.82) is 0 Å². The molecule has 0 atom stereocenters. The summed E-state index contributed by atoms with van der Waals surface area (Å²) >= 11 is 1.45. The highest BCUT2D eigenvalue weighted by atomic mass is 32.2. The summed E-state index contributed by atoms with van der Waals surface area (Å²) in [7, 11) is 3.17. The van der Waals surface area contributed by atoms with E-state index in [1.54, 1.807) is 43.2 Å². The number of hydrogen-bond donors (Lipinski definition) is 0. The fourth-order valence-electron chi connectivity index (χ4n) is 2.75. The maximum atomic E-state index is 13.1. The van der Waals surface area contributed by atoms with Crippen molar-refractivity contribution >= 4 is 22.8 Å². The number of fused-ring (bicyclic) bond motifs is 1. The van der Waals surface area contributed by atoms with E-state index in [2.05, 4.69) is 9.97 Å². The van der Waals surface area contributed by atoms with Gasteiger partial charge in [-0.1, -0.05) is 11.8 Å². The van der Waals surface area contributed by atoms with Gasteiger partial charge in [0.15, 0.2) is 5.16 Å². The summed E-state index contributed by atoms with van der Waals surface area (Å²) in [6, 6.07) is 7.21. The van der Waals surface area contributed by atoms with Crippen LogP contribution in [0.25, 0.3) is 22.2 Å². The van der Waals surface area contributed by atoms with Crippen LogP contribution in [0, 0.1) is 0 Å². The van der Waals surface area contributed by atoms with Crippen LogP contribution < -0.4 is 15.0 Å². The molecule has 0 unspecified atom stereocenters. The highest BCUT2D eigenvalue weighted by Gasteiger charge is 2.16. The van der Waals surface area contributed by atoms with E-state index < -0.39 is 0 Å². The number of rotatable bonds is 5. The Kier molecular flexibility index (Phi) is 4.94. The van der Waals surface area contributed by atoms with Crippen LogP contribution in [-0.2, 0) is 6.54 Å². The zero-order chi connectivity index (χ0) is 18.0. The number of pyridine rings is 1. The molecule has 0 saturated carbocycles. The number of nitrogens with zero attached hydrogens (tertiary/aromatic N) is 3. The van der Waals surface area contributed by atoms with E-state index in [1.807, 2.05) is 19.2 Å². The Bertz CT molecular complexity index is 985. The minimum atomic E-state index is -0.118. The molecule has 2 aromatic heterocycles. The molecule has 0 spiro atoms. The average molecular weight is 357 g/mol. The topological polar surface area (TPSA) is 66.2 Å². The summed E-state index contributed by atoms with van der Waals surface area (Å²) in [6.07, 6.45) is 3.65. The van der Waals surface area contributed by atoms with E-state index in [0.717, 1.165) is 5.39 Å². The number of aromatic nitrogens is 3. The van der Waals surface area contributed by atoms with Crippen molar-refractivity contribution in [3.8, 4) is 22.6 Å². The SMILES string of the molecule is CCn1c(=O)c(-c2cc(OC)ccc2OC)cc2cnc(SC)nc21. The van der Waals surface area contributed by atoms with Gasteiger partial charge in [-0.25, -0.2) is 9.97 Å². The maximum Gasteiger partial charge on any atom is 0.260 e. The number of benzene rings is 1. The first-order valence-electron chi connectivity index (χ1n) is 7.79. The molecule has 0 radical (unpaired) electrons. The van der Waals surface area contributed by atoms with E-state index in [-0.39, 0.29) is 5.56 Å². The zero-order valence-corrected chi connectivity index (χ0v) is 15.4. The number of hydrogen-bond acceptors (Lipinski definition) is 6. The molecular formula is C18H19N3O3S. The van der Waals surface area contributed by atoms with Crippen LogP contribution in [0.3, 0.4) is 0 Å². The van der Waals surface area contributed by atoms with Crippen LogP contribution in [0.2, 0.25) is 0 Å². The number of methoxy groups -OCH3 is 2. The first-order chi connectivity index (χ1) is 12.1. The van der Waals surface area contributed by atoms with E-state index in [4.69, 9.17) is 9.47 Å². The van der Waals surface area contributed by atoms with Crippen molar-refractivity contribution in [3.05, 3.63) is 40.8 Å². The van der Waals surface area contributed by atoms with Crippen LogP contribution in [0.4, 0.5) is 0 Å². The normalized spacial score (nSPS) is 10.9. The second-order valence-corrected chi connectivity index (χ2v) is 6.08. The van der Waals surface area contributed by atoms with Gasteiger partial charge in [0, 0.05) is 23.7 Å². The second-order valence-electron chi connectivity index (χ2n) is 5.31. The standard InChI is InChI=1S/C18H19N3O3S/c1-5-21-16-11(10-19-18(20-16)25-4)8-14(17(21)22)13-9-12(23-2)6-7-15(13)24-3/h6-10H,5H2,1-4H3. The lowest BCUT2D eigenvalue weighted by atomic mass is 10.0. The molecule has 0 aliphatic heterocycles. The molecule has 0 bridgehead atoms. The molecule has 130 valence electrons. The van der Waals surface area contributed by atoms with Gasteiger partial charge in [0.25, 0.3) is 5.56 Å². The fraction of sp³-hybridized carbons (Fsp3) is 0.278. The fourth-order valence-corrected chi connectivity index (χ4v) is 3.09. The maximum absolute atomic E-state index is 13.1. The third kappa shape index (κ3) is 3.07. The van der Waals surface area contributed by atoms with Gasteiger partial charge in [-0.15, -0.1) is 0 Å². The molecule has 0 fully saturated rings.